The summed E-state index contributed by atoms with van der Waals surface area (Å²) in [6, 6.07) is 9.92. The van der Waals surface area contributed by atoms with E-state index in [0.717, 1.165) is 24.7 Å². The number of hydrogen-bond donors (Lipinski definition) is 0. The van der Waals surface area contributed by atoms with Crippen molar-refractivity contribution in [2.24, 2.45) is 0 Å². The van der Waals surface area contributed by atoms with Gasteiger partial charge in [0.15, 0.2) is 0 Å². The maximum atomic E-state index is 5.74. The van der Waals surface area contributed by atoms with Gasteiger partial charge >= 0.3 is 0 Å². The SMILES string of the molecule is C[C@H]1CN(c2nnnn2-c2ccccc2)C[C@H](C)O1. The number of rotatable bonds is 2. The zero-order chi connectivity index (χ0) is 13.2. The van der Waals surface area contributed by atoms with E-state index in [1.165, 1.54) is 0 Å². The quantitative estimate of drug-likeness (QED) is 0.813. The van der Waals surface area contributed by atoms with Gasteiger partial charge in [0, 0.05) is 13.1 Å². The molecule has 2 atom stereocenters. The van der Waals surface area contributed by atoms with Crippen molar-refractivity contribution >= 4 is 5.95 Å². The first-order valence-electron chi connectivity index (χ1n) is 6.48. The monoisotopic (exact) mass is 259 g/mol. The molecule has 2 heterocycles. The minimum Gasteiger partial charge on any atom is -0.372 e. The molecule has 0 N–H and O–H groups in total. The number of aromatic nitrogens is 4. The fourth-order valence-electron chi connectivity index (χ4n) is 2.46. The molecule has 0 aliphatic carbocycles. The molecule has 0 amide bonds. The summed E-state index contributed by atoms with van der Waals surface area (Å²) in [7, 11) is 0. The predicted molar refractivity (Wildman–Crippen MR) is 71.4 cm³/mol. The van der Waals surface area contributed by atoms with Gasteiger partial charge in [0.1, 0.15) is 0 Å². The zero-order valence-electron chi connectivity index (χ0n) is 11.1. The van der Waals surface area contributed by atoms with Crippen LogP contribution in [0.5, 0.6) is 0 Å². The van der Waals surface area contributed by atoms with Crippen LogP contribution in [0.4, 0.5) is 5.95 Å². The first kappa shape index (κ1) is 12.1. The van der Waals surface area contributed by atoms with Crippen molar-refractivity contribution in [1.82, 2.24) is 20.2 Å². The molecule has 2 aromatic rings. The molecule has 6 nitrogen and oxygen atoms in total. The Morgan fingerprint density at radius 2 is 1.79 bits per heavy atom. The summed E-state index contributed by atoms with van der Waals surface area (Å²) in [6.45, 7) is 5.74. The Balaban J connectivity index is 1.92. The third-order valence-electron chi connectivity index (χ3n) is 3.16. The molecular weight excluding hydrogens is 242 g/mol. The van der Waals surface area contributed by atoms with E-state index in [2.05, 4.69) is 34.3 Å². The molecular formula is C13H17N5O. The number of nitrogens with zero attached hydrogens (tertiary/aromatic N) is 5. The lowest BCUT2D eigenvalue weighted by molar-refractivity contribution is -0.00583. The van der Waals surface area contributed by atoms with Crippen molar-refractivity contribution in [1.29, 1.82) is 0 Å². The fourth-order valence-corrected chi connectivity index (χ4v) is 2.46. The second kappa shape index (κ2) is 4.97. The molecule has 1 aromatic heterocycles. The Morgan fingerprint density at radius 1 is 1.11 bits per heavy atom. The summed E-state index contributed by atoms with van der Waals surface area (Å²) in [6.07, 6.45) is 0.370. The van der Waals surface area contributed by atoms with E-state index in [1.54, 1.807) is 4.68 Å². The minimum atomic E-state index is 0.185. The number of hydrogen-bond acceptors (Lipinski definition) is 5. The van der Waals surface area contributed by atoms with Gasteiger partial charge in [-0.2, -0.15) is 4.68 Å². The van der Waals surface area contributed by atoms with Gasteiger partial charge in [-0.1, -0.05) is 23.3 Å². The van der Waals surface area contributed by atoms with Crippen molar-refractivity contribution in [3.8, 4) is 5.69 Å². The van der Waals surface area contributed by atoms with Gasteiger partial charge in [0.2, 0.25) is 0 Å². The van der Waals surface area contributed by atoms with Crippen LogP contribution < -0.4 is 4.90 Å². The smallest absolute Gasteiger partial charge is 0.250 e. The molecule has 0 bridgehead atoms. The molecule has 3 rings (SSSR count). The van der Waals surface area contributed by atoms with Crippen molar-refractivity contribution in [2.45, 2.75) is 26.1 Å². The molecule has 0 unspecified atom stereocenters. The highest BCUT2D eigenvalue weighted by atomic mass is 16.5. The van der Waals surface area contributed by atoms with Gasteiger partial charge in [-0.25, -0.2) is 0 Å². The van der Waals surface area contributed by atoms with E-state index in [9.17, 15) is 0 Å². The first-order valence-corrected chi connectivity index (χ1v) is 6.48. The molecule has 1 fully saturated rings. The molecule has 1 saturated heterocycles. The number of anilines is 1. The van der Waals surface area contributed by atoms with Crippen molar-refractivity contribution < 1.29 is 4.74 Å². The lowest BCUT2D eigenvalue weighted by Crippen LogP contribution is -2.46. The van der Waals surface area contributed by atoms with E-state index in [1.807, 2.05) is 30.3 Å². The third-order valence-corrected chi connectivity index (χ3v) is 3.16. The molecule has 1 aliphatic rings. The number of ether oxygens (including phenoxy) is 1. The molecule has 1 aliphatic heterocycles. The van der Waals surface area contributed by atoms with Gasteiger partial charge in [-0.3, -0.25) is 0 Å². The van der Waals surface area contributed by atoms with E-state index in [0.29, 0.717) is 0 Å². The molecule has 0 spiro atoms. The van der Waals surface area contributed by atoms with Crippen LogP contribution in [0.2, 0.25) is 0 Å². The van der Waals surface area contributed by atoms with E-state index < -0.39 is 0 Å². The van der Waals surface area contributed by atoms with E-state index in [4.69, 9.17) is 4.74 Å². The minimum absolute atomic E-state index is 0.185. The third kappa shape index (κ3) is 2.44. The average Bonchev–Trinajstić information content (AvgIpc) is 2.88. The van der Waals surface area contributed by atoms with Crippen LogP contribution in [-0.4, -0.2) is 45.5 Å². The molecule has 0 radical (unpaired) electrons. The van der Waals surface area contributed by atoms with Gasteiger partial charge in [-0.15, -0.1) is 0 Å². The molecule has 100 valence electrons. The Hall–Kier alpha value is -1.95. The molecule has 0 saturated carbocycles. The van der Waals surface area contributed by atoms with Crippen molar-refractivity contribution in [3.05, 3.63) is 30.3 Å². The Kier molecular flexibility index (Phi) is 3.16. The topological polar surface area (TPSA) is 56.1 Å². The van der Waals surface area contributed by atoms with Crippen LogP contribution in [0.25, 0.3) is 5.69 Å². The Bertz CT molecular complexity index is 531. The van der Waals surface area contributed by atoms with Crippen molar-refractivity contribution in [2.75, 3.05) is 18.0 Å². The fraction of sp³-hybridized carbons (Fsp3) is 0.462. The van der Waals surface area contributed by atoms with Crippen LogP contribution >= 0.6 is 0 Å². The average molecular weight is 259 g/mol. The summed E-state index contributed by atoms with van der Waals surface area (Å²) in [5, 5.41) is 12.0. The Morgan fingerprint density at radius 3 is 2.47 bits per heavy atom. The first-order chi connectivity index (χ1) is 9.24. The van der Waals surface area contributed by atoms with Crippen LogP contribution in [0.1, 0.15) is 13.8 Å². The summed E-state index contributed by atoms with van der Waals surface area (Å²) in [5.41, 5.74) is 0.967. The summed E-state index contributed by atoms with van der Waals surface area (Å²) < 4.78 is 7.51. The second-order valence-electron chi connectivity index (χ2n) is 4.89. The standard InChI is InChI=1S/C13H17N5O/c1-10-8-17(9-11(2)19-10)13-14-15-16-18(13)12-6-4-3-5-7-12/h3-7,10-11H,8-9H2,1-2H3/t10-,11-/m0/s1. The number of benzene rings is 1. The molecule has 19 heavy (non-hydrogen) atoms. The van der Waals surface area contributed by atoms with Gasteiger partial charge in [0.25, 0.3) is 5.95 Å². The largest absolute Gasteiger partial charge is 0.372 e. The Labute approximate surface area is 112 Å². The maximum absolute atomic E-state index is 5.74. The van der Waals surface area contributed by atoms with Crippen molar-refractivity contribution in [3.63, 3.8) is 0 Å². The maximum Gasteiger partial charge on any atom is 0.250 e. The van der Waals surface area contributed by atoms with Crippen LogP contribution in [-0.2, 0) is 4.74 Å². The second-order valence-corrected chi connectivity index (χ2v) is 4.89. The number of tetrazole rings is 1. The number of morpholine rings is 1. The zero-order valence-corrected chi connectivity index (χ0v) is 11.1. The summed E-state index contributed by atoms with van der Waals surface area (Å²) in [4.78, 5) is 2.17. The lowest BCUT2D eigenvalue weighted by Gasteiger charge is -2.35. The highest BCUT2D eigenvalue weighted by Crippen LogP contribution is 2.19. The van der Waals surface area contributed by atoms with Crippen LogP contribution in [0.3, 0.4) is 0 Å². The highest BCUT2D eigenvalue weighted by Gasteiger charge is 2.26. The van der Waals surface area contributed by atoms with Gasteiger partial charge < -0.3 is 9.64 Å². The van der Waals surface area contributed by atoms with Gasteiger partial charge in [0.05, 0.1) is 17.9 Å². The normalized spacial score (nSPS) is 23.6. The lowest BCUT2D eigenvalue weighted by atomic mass is 10.2. The molecule has 1 aromatic carbocycles. The van der Waals surface area contributed by atoms with E-state index in [-0.39, 0.29) is 12.2 Å². The molecule has 6 heteroatoms. The van der Waals surface area contributed by atoms with E-state index >= 15 is 0 Å². The highest BCUT2D eigenvalue weighted by molar-refractivity contribution is 5.41. The van der Waals surface area contributed by atoms with Crippen LogP contribution in [0, 0.1) is 0 Å². The summed E-state index contributed by atoms with van der Waals surface area (Å²) in [5.74, 6) is 0.771. The number of para-hydroxylation sites is 1. The van der Waals surface area contributed by atoms with Gasteiger partial charge in [-0.05, 0) is 36.4 Å². The summed E-state index contributed by atoms with van der Waals surface area (Å²) >= 11 is 0. The predicted octanol–water partition coefficient (Wildman–Crippen LogP) is 1.28. The van der Waals surface area contributed by atoms with Crippen LogP contribution in [0.15, 0.2) is 30.3 Å².